The second-order valence-corrected chi connectivity index (χ2v) is 10.9. The Hall–Kier alpha value is -2.94. The first-order valence-corrected chi connectivity index (χ1v) is 12.3. The van der Waals surface area contributed by atoms with E-state index in [9.17, 15) is 14.7 Å². The van der Waals surface area contributed by atoms with Crippen molar-refractivity contribution >= 4 is 18.0 Å². The SMILES string of the molecule is CCC(=O)NC(C)(C)C=Cn1ncc(C(=O)NC2C3CC4CC2CC(O)(C4)C3)c1-n1cccn1. The zero-order valence-corrected chi connectivity index (χ0v) is 20.1. The predicted molar refractivity (Wildman–Crippen MR) is 127 cm³/mol. The largest absolute Gasteiger partial charge is 0.390 e. The number of nitrogens with one attached hydrogen (secondary N) is 2. The van der Waals surface area contributed by atoms with Crippen molar-refractivity contribution in [1.82, 2.24) is 30.2 Å². The number of amides is 2. The molecule has 6 rings (SSSR count). The summed E-state index contributed by atoms with van der Waals surface area (Å²) in [6.07, 6.45) is 13.6. The van der Waals surface area contributed by atoms with Gasteiger partial charge in [-0.15, -0.1) is 0 Å². The lowest BCUT2D eigenvalue weighted by Gasteiger charge is -2.58. The Morgan fingerprint density at radius 1 is 1.24 bits per heavy atom. The molecule has 4 aliphatic rings. The Bertz CT molecular complexity index is 1090. The number of rotatable bonds is 7. The van der Waals surface area contributed by atoms with Crippen molar-refractivity contribution < 1.29 is 14.7 Å². The van der Waals surface area contributed by atoms with E-state index >= 15 is 0 Å². The van der Waals surface area contributed by atoms with Crippen LogP contribution in [-0.4, -0.2) is 53.7 Å². The Morgan fingerprint density at radius 2 is 1.97 bits per heavy atom. The minimum atomic E-state index is -0.580. The van der Waals surface area contributed by atoms with E-state index in [2.05, 4.69) is 20.8 Å². The van der Waals surface area contributed by atoms with Gasteiger partial charge in [-0.05, 0) is 75.8 Å². The van der Waals surface area contributed by atoms with Crippen molar-refractivity contribution in [2.24, 2.45) is 17.8 Å². The number of carbonyl (C=O) groups is 2. The van der Waals surface area contributed by atoms with Gasteiger partial charge in [0.25, 0.3) is 5.91 Å². The third kappa shape index (κ3) is 4.29. The summed E-state index contributed by atoms with van der Waals surface area (Å²) >= 11 is 0. The van der Waals surface area contributed by atoms with E-state index in [0.717, 1.165) is 32.1 Å². The molecule has 9 heteroatoms. The third-order valence-electron chi connectivity index (χ3n) is 7.69. The van der Waals surface area contributed by atoms with Crippen LogP contribution in [0.1, 0.15) is 69.7 Å². The molecule has 4 saturated carbocycles. The summed E-state index contributed by atoms with van der Waals surface area (Å²) in [5, 5.41) is 25.9. The van der Waals surface area contributed by atoms with Crippen LogP contribution in [-0.2, 0) is 4.79 Å². The van der Waals surface area contributed by atoms with Gasteiger partial charge < -0.3 is 15.7 Å². The molecule has 34 heavy (non-hydrogen) atoms. The van der Waals surface area contributed by atoms with Crippen molar-refractivity contribution in [3.8, 4) is 5.82 Å². The van der Waals surface area contributed by atoms with Crippen LogP contribution in [0.2, 0.25) is 0 Å². The van der Waals surface area contributed by atoms with E-state index in [-0.39, 0.29) is 17.9 Å². The predicted octanol–water partition coefficient (Wildman–Crippen LogP) is 2.51. The summed E-state index contributed by atoms with van der Waals surface area (Å²) in [5.74, 6) is 1.56. The Kier molecular flexibility index (Phi) is 5.62. The highest BCUT2D eigenvalue weighted by Crippen LogP contribution is 2.55. The number of aromatic nitrogens is 4. The van der Waals surface area contributed by atoms with E-state index in [4.69, 9.17) is 0 Å². The monoisotopic (exact) mass is 466 g/mol. The molecule has 0 aliphatic heterocycles. The van der Waals surface area contributed by atoms with E-state index in [1.165, 1.54) is 0 Å². The average molecular weight is 467 g/mol. The van der Waals surface area contributed by atoms with E-state index in [1.807, 2.05) is 26.8 Å². The number of aliphatic hydroxyl groups is 1. The lowest BCUT2D eigenvalue weighted by molar-refractivity contribution is -0.136. The van der Waals surface area contributed by atoms with Crippen LogP contribution >= 0.6 is 0 Å². The van der Waals surface area contributed by atoms with E-state index in [0.29, 0.717) is 35.6 Å². The Balaban J connectivity index is 1.39. The Morgan fingerprint density at radius 3 is 2.59 bits per heavy atom. The third-order valence-corrected chi connectivity index (χ3v) is 7.69. The zero-order chi connectivity index (χ0) is 24.1. The number of carbonyl (C=O) groups excluding carboxylic acids is 2. The summed E-state index contributed by atoms with van der Waals surface area (Å²) in [6, 6.07) is 1.88. The molecule has 2 heterocycles. The maximum Gasteiger partial charge on any atom is 0.257 e. The van der Waals surface area contributed by atoms with Crippen molar-refractivity contribution in [3.63, 3.8) is 0 Å². The molecular formula is C25H34N6O3. The highest BCUT2D eigenvalue weighted by atomic mass is 16.3. The second-order valence-electron chi connectivity index (χ2n) is 10.9. The summed E-state index contributed by atoms with van der Waals surface area (Å²) in [5.41, 5.74) is -0.673. The van der Waals surface area contributed by atoms with Gasteiger partial charge in [0.15, 0.2) is 5.82 Å². The fourth-order valence-electron chi connectivity index (χ4n) is 6.44. The fraction of sp³-hybridized carbons (Fsp3) is 0.600. The van der Waals surface area contributed by atoms with Crippen LogP contribution in [0.25, 0.3) is 12.0 Å². The molecule has 2 amide bonds. The van der Waals surface area contributed by atoms with Crippen molar-refractivity contribution in [3.05, 3.63) is 36.3 Å². The second kappa shape index (κ2) is 8.37. The molecule has 2 unspecified atom stereocenters. The van der Waals surface area contributed by atoms with E-state index in [1.54, 1.807) is 40.2 Å². The van der Waals surface area contributed by atoms with Gasteiger partial charge in [-0.3, -0.25) is 9.59 Å². The van der Waals surface area contributed by atoms with Gasteiger partial charge in [-0.1, -0.05) is 6.92 Å². The molecule has 4 aliphatic carbocycles. The summed E-state index contributed by atoms with van der Waals surface area (Å²) < 4.78 is 3.24. The molecular weight excluding hydrogens is 432 g/mol. The standard InChI is InChI=1S/C25H34N6O3/c1-4-20(32)29-24(2,3)6-9-31-23(30-8-5-7-26-30)19(15-27-31)22(33)28-21-17-10-16-11-18(21)14-25(34,12-16)13-17/h5-9,15-18,21,34H,4,10-14H2,1-3H3,(H,28,33)(H,29,32). The molecule has 0 radical (unpaired) electrons. The minimum Gasteiger partial charge on any atom is -0.390 e. The first-order valence-electron chi connectivity index (χ1n) is 12.3. The van der Waals surface area contributed by atoms with Crippen LogP contribution < -0.4 is 10.6 Å². The van der Waals surface area contributed by atoms with Gasteiger partial charge in [0.05, 0.1) is 17.3 Å². The normalized spacial score (nSPS) is 30.1. The average Bonchev–Trinajstić information content (AvgIpc) is 3.42. The van der Waals surface area contributed by atoms with Crippen LogP contribution in [0, 0.1) is 17.8 Å². The molecule has 0 aromatic carbocycles. The smallest absolute Gasteiger partial charge is 0.257 e. The van der Waals surface area contributed by atoms with Crippen LogP contribution in [0.5, 0.6) is 0 Å². The van der Waals surface area contributed by atoms with Gasteiger partial charge in [-0.25, -0.2) is 9.36 Å². The molecule has 9 nitrogen and oxygen atoms in total. The molecule has 4 fully saturated rings. The van der Waals surface area contributed by atoms with Gasteiger partial charge >= 0.3 is 0 Å². The van der Waals surface area contributed by atoms with Crippen molar-refractivity contribution in [2.45, 2.75) is 76.5 Å². The maximum atomic E-state index is 13.5. The van der Waals surface area contributed by atoms with Gasteiger partial charge in [0.1, 0.15) is 5.56 Å². The van der Waals surface area contributed by atoms with Crippen LogP contribution in [0.15, 0.2) is 30.7 Å². The van der Waals surface area contributed by atoms with Crippen molar-refractivity contribution in [1.29, 1.82) is 0 Å². The summed E-state index contributed by atoms with van der Waals surface area (Å²) in [4.78, 5) is 25.3. The number of hydrogen-bond donors (Lipinski definition) is 3. The Labute approximate surface area is 199 Å². The molecule has 2 aromatic heterocycles. The zero-order valence-electron chi connectivity index (χ0n) is 20.1. The van der Waals surface area contributed by atoms with Crippen molar-refractivity contribution in [2.75, 3.05) is 0 Å². The molecule has 2 atom stereocenters. The fourth-order valence-corrected chi connectivity index (χ4v) is 6.44. The molecule has 4 bridgehead atoms. The first kappa shape index (κ1) is 22.8. The molecule has 182 valence electrons. The topological polar surface area (TPSA) is 114 Å². The summed E-state index contributed by atoms with van der Waals surface area (Å²) in [6.45, 7) is 5.62. The lowest BCUT2D eigenvalue weighted by atomic mass is 9.52. The van der Waals surface area contributed by atoms with Gasteiger partial charge in [0, 0.05) is 31.1 Å². The highest BCUT2D eigenvalue weighted by Gasteiger charge is 2.55. The molecule has 2 aromatic rings. The molecule has 0 spiro atoms. The number of nitrogens with zero attached hydrogens (tertiary/aromatic N) is 4. The quantitative estimate of drug-likeness (QED) is 0.580. The van der Waals surface area contributed by atoms with Crippen LogP contribution in [0.4, 0.5) is 0 Å². The highest BCUT2D eigenvalue weighted by molar-refractivity contribution is 5.97. The lowest BCUT2D eigenvalue weighted by Crippen LogP contribution is -2.61. The maximum absolute atomic E-state index is 13.5. The molecule has 3 N–H and O–H groups in total. The number of hydrogen-bond acceptors (Lipinski definition) is 5. The minimum absolute atomic E-state index is 0.0391. The van der Waals surface area contributed by atoms with Gasteiger partial charge in [-0.2, -0.15) is 10.2 Å². The van der Waals surface area contributed by atoms with Gasteiger partial charge in [0.2, 0.25) is 5.91 Å². The summed E-state index contributed by atoms with van der Waals surface area (Å²) in [7, 11) is 0. The van der Waals surface area contributed by atoms with E-state index < -0.39 is 11.1 Å². The first-order chi connectivity index (χ1) is 16.2. The van der Waals surface area contributed by atoms with Crippen LogP contribution in [0.3, 0.4) is 0 Å². The molecule has 0 saturated heterocycles.